The second-order valence-corrected chi connectivity index (χ2v) is 6.70. The minimum absolute atomic E-state index is 0.0829. The molecule has 1 amide bonds. The second-order valence-electron chi connectivity index (χ2n) is 6.70. The smallest absolute Gasteiger partial charge is 0.333 e. The predicted molar refractivity (Wildman–Crippen MR) is 97.3 cm³/mol. The lowest BCUT2D eigenvalue weighted by atomic mass is 10.2. The Labute approximate surface area is 157 Å². The maximum Gasteiger partial charge on any atom is 0.333 e. The molecule has 1 aliphatic carbocycles. The van der Waals surface area contributed by atoms with Gasteiger partial charge in [-0.1, -0.05) is 0 Å². The van der Waals surface area contributed by atoms with Gasteiger partial charge in [0.2, 0.25) is 5.95 Å². The number of nitrogens with two attached hydrogens (primary N) is 2. The van der Waals surface area contributed by atoms with Gasteiger partial charge in [0.05, 0.1) is 5.52 Å². The molecule has 2 aromatic heterocycles. The molecule has 0 radical (unpaired) electrons. The number of nitrogens with zero attached hydrogens (tertiary/aromatic N) is 5. The molecule has 146 valence electrons. The molecule has 28 heavy (non-hydrogen) atoms. The first kappa shape index (κ1) is 18.0. The number of hydrogen-bond acceptors (Lipinski definition) is 8. The number of carbonyl (C=O) groups is 1. The monoisotopic (exact) mass is 389 g/mol. The fourth-order valence-corrected chi connectivity index (χ4v) is 2.60. The van der Waals surface area contributed by atoms with E-state index < -0.39 is 12.5 Å². The SMILES string of the molecule is NC(=O)c1nnc(NCC2(N)CC2)nc1Nc1ccc2cn(C(F)F)nc2c1. The molecular formula is C16H17F2N9O. The molecule has 0 aliphatic heterocycles. The van der Waals surface area contributed by atoms with E-state index in [9.17, 15) is 13.6 Å². The Kier molecular flexibility index (Phi) is 4.26. The van der Waals surface area contributed by atoms with Crippen LogP contribution < -0.4 is 22.1 Å². The molecule has 6 N–H and O–H groups in total. The summed E-state index contributed by atoms with van der Waals surface area (Å²) in [5.74, 6) is -0.540. The Morgan fingerprint density at radius 1 is 1.32 bits per heavy atom. The highest BCUT2D eigenvalue weighted by molar-refractivity contribution is 5.96. The zero-order valence-corrected chi connectivity index (χ0v) is 14.6. The van der Waals surface area contributed by atoms with Crippen LogP contribution in [-0.4, -0.2) is 43.0 Å². The predicted octanol–water partition coefficient (Wildman–Crippen LogP) is 1.36. The Morgan fingerprint density at radius 3 is 2.79 bits per heavy atom. The molecule has 0 spiro atoms. The van der Waals surface area contributed by atoms with E-state index in [4.69, 9.17) is 11.5 Å². The lowest BCUT2D eigenvalue weighted by molar-refractivity contribution is 0.0573. The van der Waals surface area contributed by atoms with E-state index in [1.165, 1.54) is 6.20 Å². The summed E-state index contributed by atoms with van der Waals surface area (Å²) in [6.45, 7) is -2.26. The van der Waals surface area contributed by atoms with Crippen molar-refractivity contribution < 1.29 is 13.6 Å². The number of amides is 1. The molecule has 0 saturated heterocycles. The van der Waals surface area contributed by atoms with Crippen LogP contribution in [0.25, 0.3) is 10.9 Å². The minimum atomic E-state index is -2.73. The standard InChI is InChI=1S/C16H17F2N9O/c17-14(18)27-6-8-1-2-9(5-10(8)26-27)22-13-11(12(19)28)24-25-15(23-13)21-7-16(20)3-4-16/h1-2,5-6,14H,3-4,7,20H2,(H2,19,28)(H2,21,22,23,25). The van der Waals surface area contributed by atoms with Crippen molar-refractivity contribution in [3.63, 3.8) is 0 Å². The van der Waals surface area contributed by atoms with Gasteiger partial charge in [-0.3, -0.25) is 4.79 Å². The van der Waals surface area contributed by atoms with Gasteiger partial charge in [-0.25, -0.2) is 4.68 Å². The lowest BCUT2D eigenvalue weighted by Crippen LogP contribution is -2.32. The summed E-state index contributed by atoms with van der Waals surface area (Å²) in [5, 5.41) is 17.9. The Morgan fingerprint density at radius 2 is 2.11 bits per heavy atom. The van der Waals surface area contributed by atoms with Crippen molar-refractivity contribution in [1.82, 2.24) is 25.0 Å². The van der Waals surface area contributed by atoms with E-state index in [-0.39, 0.29) is 23.0 Å². The van der Waals surface area contributed by atoms with Gasteiger partial charge in [-0.05, 0) is 31.0 Å². The van der Waals surface area contributed by atoms with Crippen LogP contribution in [0.4, 0.5) is 26.2 Å². The van der Waals surface area contributed by atoms with Gasteiger partial charge in [0.15, 0.2) is 11.5 Å². The number of primary amides is 1. The van der Waals surface area contributed by atoms with Crippen LogP contribution >= 0.6 is 0 Å². The number of nitrogens with one attached hydrogen (secondary N) is 2. The van der Waals surface area contributed by atoms with Gasteiger partial charge in [0, 0.05) is 29.4 Å². The zero-order chi connectivity index (χ0) is 19.9. The Hall–Kier alpha value is -3.41. The van der Waals surface area contributed by atoms with Gasteiger partial charge in [0.1, 0.15) is 0 Å². The third-order valence-corrected chi connectivity index (χ3v) is 4.40. The number of rotatable bonds is 7. The van der Waals surface area contributed by atoms with Crippen molar-refractivity contribution >= 4 is 34.3 Å². The molecule has 10 nitrogen and oxygen atoms in total. The largest absolute Gasteiger partial charge is 0.364 e. The lowest BCUT2D eigenvalue weighted by Gasteiger charge is -2.12. The van der Waals surface area contributed by atoms with E-state index in [2.05, 4.69) is 30.9 Å². The minimum Gasteiger partial charge on any atom is -0.364 e. The van der Waals surface area contributed by atoms with Crippen LogP contribution in [0.15, 0.2) is 24.4 Å². The first-order chi connectivity index (χ1) is 13.3. The van der Waals surface area contributed by atoms with Crippen molar-refractivity contribution in [3.05, 3.63) is 30.1 Å². The third-order valence-electron chi connectivity index (χ3n) is 4.40. The number of halogens is 2. The first-order valence-electron chi connectivity index (χ1n) is 8.44. The van der Waals surface area contributed by atoms with Crippen molar-refractivity contribution in [2.24, 2.45) is 11.5 Å². The topological polar surface area (TPSA) is 150 Å². The maximum absolute atomic E-state index is 12.8. The van der Waals surface area contributed by atoms with Gasteiger partial charge >= 0.3 is 6.55 Å². The quantitative estimate of drug-likeness (QED) is 0.473. The highest BCUT2D eigenvalue weighted by atomic mass is 19.3. The van der Waals surface area contributed by atoms with Crippen LogP contribution in [-0.2, 0) is 0 Å². The first-order valence-corrected chi connectivity index (χ1v) is 8.44. The summed E-state index contributed by atoms with van der Waals surface area (Å²) < 4.78 is 26.2. The number of benzene rings is 1. The normalized spacial score (nSPS) is 15.0. The molecule has 0 bridgehead atoms. The highest BCUT2D eigenvalue weighted by Gasteiger charge is 2.38. The number of anilines is 3. The van der Waals surface area contributed by atoms with Crippen molar-refractivity contribution in [3.8, 4) is 0 Å². The van der Waals surface area contributed by atoms with Gasteiger partial charge < -0.3 is 22.1 Å². The molecular weight excluding hydrogens is 372 g/mol. The molecule has 4 rings (SSSR count). The molecule has 2 heterocycles. The van der Waals surface area contributed by atoms with E-state index in [1.807, 2.05) is 0 Å². The van der Waals surface area contributed by atoms with Gasteiger partial charge in [-0.2, -0.15) is 18.9 Å². The average Bonchev–Trinajstić information content (AvgIpc) is 3.23. The summed E-state index contributed by atoms with van der Waals surface area (Å²) in [6, 6.07) is 4.80. The fraction of sp³-hybridized carbons (Fsp3) is 0.312. The van der Waals surface area contributed by atoms with E-state index in [0.29, 0.717) is 27.8 Å². The van der Waals surface area contributed by atoms with Crippen molar-refractivity contribution in [2.45, 2.75) is 24.9 Å². The second kappa shape index (κ2) is 6.64. The number of carbonyl (C=O) groups excluding carboxylic acids is 1. The van der Waals surface area contributed by atoms with Crippen LogP contribution in [0.2, 0.25) is 0 Å². The summed E-state index contributed by atoms with van der Waals surface area (Å²) in [7, 11) is 0. The molecule has 0 unspecified atom stereocenters. The van der Waals surface area contributed by atoms with Gasteiger partial charge in [-0.15, -0.1) is 10.2 Å². The molecule has 1 aromatic carbocycles. The van der Waals surface area contributed by atoms with Crippen LogP contribution in [0.3, 0.4) is 0 Å². The molecule has 3 aromatic rings. The van der Waals surface area contributed by atoms with Gasteiger partial charge in [0.25, 0.3) is 5.91 Å². The van der Waals surface area contributed by atoms with Crippen LogP contribution in [0.5, 0.6) is 0 Å². The molecule has 1 aliphatic rings. The Balaban J connectivity index is 1.61. The third kappa shape index (κ3) is 3.67. The Bertz CT molecular complexity index is 1050. The molecule has 12 heteroatoms. The van der Waals surface area contributed by atoms with Crippen LogP contribution in [0.1, 0.15) is 29.9 Å². The summed E-state index contributed by atoms with van der Waals surface area (Å²) in [6.07, 6.45) is 3.06. The van der Waals surface area contributed by atoms with E-state index in [1.54, 1.807) is 18.2 Å². The molecule has 1 fully saturated rings. The summed E-state index contributed by atoms with van der Waals surface area (Å²) >= 11 is 0. The molecule has 0 atom stereocenters. The average molecular weight is 389 g/mol. The number of hydrogen-bond donors (Lipinski definition) is 4. The maximum atomic E-state index is 12.8. The van der Waals surface area contributed by atoms with Crippen molar-refractivity contribution in [1.29, 1.82) is 0 Å². The van der Waals surface area contributed by atoms with Crippen molar-refractivity contribution in [2.75, 3.05) is 17.2 Å². The number of fused-ring (bicyclic) bond motifs is 1. The van der Waals surface area contributed by atoms with E-state index in [0.717, 1.165) is 12.8 Å². The highest BCUT2D eigenvalue weighted by Crippen LogP contribution is 2.32. The zero-order valence-electron chi connectivity index (χ0n) is 14.6. The fourth-order valence-electron chi connectivity index (χ4n) is 2.60. The molecule has 1 saturated carbocycles. The summed E-state index contributed by atoms with van der Waals surface area (Å²) in [5.41, 5.74) is 11.8. The number of aromatic nitrogens is 5. The van der Waals surface area contributed by atoms with Crippen LogP contribution in [0, 0.1) is 0 Å². The summed E-state index contributed by atoms with van der Waals surface area (Å²) in [4.78, 5) is 15.9. The number of alkyl halides is 2. The van der Waals surface area contributed by atoms with E-state index >= 15 is 0 Å².